The Morgan fingerprint density at radius 3 is 3.11 bits per heavy atom. The summed E-state index contributed by atoms with van der Waals surface area (Å²) in [5.74, 6) is -0.679. The van der Waals surface area contributed by atoms with Crippen molar-refractivity contribution in [1.29, 1.82) is 0 Å². The highest BCUT2D eigenvalue weighted by Crippen LogP contribution is 2.25. The number of primary amides is 1. The van der Waals surface area contributed by atoms with E-state index >= 15 is 0 Å². The summed E-state index contributed by atoms with van der Waals surface area (Å²) in [6.45, 7) is 1.26. The van der Waals surface area contributed by atoms with Crippen LogP contribution in [-0.4, -0.2) is 29.9 Å². The second-order valence-electron chi connectivity index (χ2n) is 4.19. The van der Waals surface area contributed by atoms with Crippen molar-refractivity contribution in [2.24, 2.45) is 5.73 Å². The average molecular weight is 268 g/mol. The van der Waals surface area contributed by atoms with Gasteiger partial charge in [-0.15, -0.1) is 11.3 Å². The molecule has 2 rings (SSSR count). The van der Waals surface area contributed by atoms with Gasteiger partial charge in [0.25, 0.3) is 5.91 Å². The number of aromatic nitrogens is 1. The fraction of sp³-hybridized carbons (Fsp3) is 0.545. The molecule has 2 heterocycles. The van der Waals surface area contributed by atoms with Crippen molar-refractivity contribution < 1.29 is 9.59 Å². The average Bonchev–Trinajstić information content (AvgIpc) is 2.99. The van der Waals surface area contributed by atoms with Crippen LogP contribution >= 0.6 is 11.3 Å². The van der Waals surface area contributed by atoms with Crippen LogP contribution in [0.5, 0.6) is 0 Å². The molecule has 0 spiro atoms. The molecular weight excluding hydrogens is 252 g/mol. The first kappa shape index (κ1) is 13.0. The summed E-state index contributed by atoms with van der Waals surface area (Å²) in [5.41, 5.74) is 5.40. The Morgan fingerprint density at radius 1 is 1.61 bits per heavy atom. The molecular formula is C11H16N4O2S. The lowest BCUT2D eigenvalue weighted by Crippen LogP contribution is -2.28. The molecule has 1 aliphatic rings. The lowest BCUT2D eigenvalue weighted by molar-refractivity contribution is -0.117. The molecule has 2 amide bonds. The number of hydrogen-bond acceptors (Lipinski definition) is 5. The highest BCUT2D eigenvalue weighted by Gasteiger charge is 2.20. The van der Waals surface area contributed by atoms with E-state index in [2.05, 4.69) is 15.6 Å². The third-order valence-electron chi connectivity index (χ3n) is 2.77. The van der Waals surface area contributed by atoms with Crippen LogP contribution in [0.3, 0.4) is 0 Å². The van der Waals surface area contributed by atoms with E-state index in [-0.39, 0.29) is 24.9 Å². The van der Waals surface area contributed by atoms with E-state index < -0.39 is 5.91 Å². The Bertz CT molecular complexity index is 440. The van der Waals surface area contributed by atoms with Crippen molar-refractivity contribution in [3.05, 3.63) is 16.1 Å². The zero-order valence-corrected chi connectivity index (χ0v) is 10.8. The Kier molecular flexibility index (Phi) is 4.27. The van der Waals surface area contributed by atoms with Crippen LogP contribution in [0.1, 0.15) is 40.8 Å². The summed E-state index contributed by atoms with van der Waals surface area (Å²) in [6, 6.07) is 0.280. The molecule has 6 nitrogen and oxygen atoms in total. The molecule has 0 radical (unpaired) electrons. The number of nitrogens with zero attached hydrogens (tertiary/aromatic N) is 1. The van der Waals surface area contributed by atoms with Crippen LogP contribution < -0.4 is 16.4 Å². The van der Waals surface area contributed by atoms with Crippen LogP contribution in [-0.2, 0) is 4.79 Å². The quantitative estimate of drug-likeness (QED) is 0.709. The van der Waals surface area contributed by atoms with E-state index in [1.54, 1.807) is 5.38 Å². The summed E-state index contributed by atoms with van der Waals surface area (Å²) < 4.78 is 0. The number of carbonyl (C=O) groups is 2. The fourth-order valence-corrected chi connectivity index (χ4v) is 2.75. The predicted molar refractivity (Wildman–Crippen MR) is 68.2 cm³/mol. The molecule has 18 heavy (non-hydrogen) atoms. The number of nitrogens with two attached hydrogens (primary N) is 1. The monoisotopic (exact) mass is 268 g/mol. The molecule has 98 valence electrons. The molecule has 1 aromatic heterocycles. The fourth-order valence-electron chi connectivity index (χ4n) is 1.84. The second kappa shape index (κ2) is 5.92. The minimum Gasteiger partial charge on any atom is -0.370 e. The number of nitrogens with one attached hydrogen (secondary N) is 2. The summed E-state index contributed by atoms with van der Waals surface area (Å²) in [5, 5.41) is 8.65. The molecule has 1 saturated heterocycles. The number of carbonyl (C=O) groups excluding carboxylic acids is 2. The normalized spacial score (nSPS) is 18.8. The second-order valence-corrected chi connectivity index (χ2v) is 5.08. The lowest BCUT2D eigenvalue weighted by Gasteiger charge is -2.04. The van der Waals surface area contributed by atoms with Gasteiger partial charge in [0, 0.05) is 18.3 Å². The summed E-state index contributed by atoms with van der Waals surface area (Å²) >= 11 is 1.49. The van der Waals surface area contributed by atoms with E-state index in [0.29, 0.717) is 5.69 Å². The molecule has 4 N–H and O–H groups in total. The molecule has 0 bridgehead atoms. The van der Waals surface area contributed by atoms with Gasteiger partial charge in [-0.1, -0.05) is 0 Å². The van der Waals surface area contributed by atoms with Crippen molar-refractivity contribution >= 4 is 23.2 Å². The Hall–Kier alpha value is -1.47. The maximum absolute atomic E-state index is 11.7. The minimum absolute atomic E-state index is 0.146. The Balaban J connectivity index is 1.88. The van der Waals surface area contributed by atoms with E-state index in [1.165, 1.54) is 11.3 Å². The first-order chi connectivity index (χ1) is 8.66. The molecule has 7 heteroatoms. The van der Waals surface area contributed by atoms with Crippen LogP contribution in [0.15, 0.2) is 5.38 Å². The van der Waals surface area contributed by atoms with Gasteiger partial charge in [-0.25, -0.2) is 4.98 Å². The van der Waals surface area contributed by atoms with Crippen LogP contribution in [0.25, 0.3) is 0 Å². The van der Waals surface area contributed by atoms with Gasteiger partial charge in [-0.2, -0.15) is 0 Å². The summed E-state index contributed by atoms with van der Waals surface area (Å²) in [7, 11) is 0. The third kappa shape index (κ3) is 3.27. The topological polar surface area (TPSA) is 97.1 Å². The third-order valence-corrected chi connectivity index (χ3v) is 3.73. The van der Waals surface area contributed by atoms with E-state index in [1.807, 2.05) is 0 Å². The molecule has 1 unspecified atom stereocenters. The molecule has 0 aliphatic carbocycles. The van der Waals surface area contributed by atoms with Gasteiger partial charge in [-0.05, 0) is 19.4 Å². The SMILES string of the molecule is NC(=O)CCNC(=O)c1csc(C2CCCN2)n1. The van der Waals surface area contributed by atoms with Gasteiger partial charge in [0.15, 0.2) is 0 Å². The molecule has 0 saturated carbocycles. The van der Waals surface area contributed by atoms with Crippen molar-refractivity contribution in [3.8, 4) is 0 Å². The van der Waals surface area contributed by atoms with E-state index in [9.17, 15) is 9.59 Å². The Morgan fingerprint density at radius 2 is 2.44 bits per heavy atom. The smallest absolute Gasteiger partial charge is 0.270 e. The number of amides is 2. The van der Waals surface area contributed by atoms with Crippen LogP contribution in [0.4, 0.5) is 0 Å². The largest absolute Gasteiger partial charge is 0.370 e. The van der Waals surface area contributed by atoms with Crippen molar-refractivity contribution in [2.45, 2.75) is 25.3 Å². The number of hydrogen-bond donors (Lipinski definition) is 3. The number of thiazole rings is 1. The molecule has 1 aliphatic heterocycles. The van der Waals surface area contributed by atoms with Gasteiger partial charge < -0.3 is 16.4 Å². The van der Waals surface area contributed by atoms with Gasteiger partial charge in [0.2, 0.25) is 5.91 Å². The predicted octanol–water partition coefficient (Wildman–Crippen LogP) is 0.173. The maximum Gasteiger partial charge on any atom is 0.270 e. The zero-order chi connectivity index (χ0) is 13.0. The van der Waals surface area contributed by atoms with E-state index in [4.69, 9.17) is 5.73 Å². The minimum atomic E-state index is -0.426. The molecule has 1 aromatic rings. The summed E-state index contributed by atoms with van der Waals surface area (Å²) in [6.07, 6.45) is 2.35. The number of rotatable bonds is 5. The van der Waals surface area contributed by atoms with Crippen molar-refractivity contribution in [1.82, 2.24) is 15.6 Å². The zero-order valence-electron chi connectivity index (χ0n) is 9.94. The highest BCUT2D eigenvalue weighted by atomic mass is 32.1. The van der Waals surface area contributed by atoms with Crippen LogP contribution in [0.2, 0.25) is 0 Å². The molecule has 1 atom stereocenters. The van der Waals surface area contributed by atoms with Gasteiger partial charge in [0.05, 0.1) is 6.04 Å². The van der Waals surface area contributed by atoms with Gasteiger partial charge >= 0.3 is 0 Å². The standard InChI is InChI=1S/C11H16N4O2S/c12-9(16)3-5-14-10(17)8-6-18-11(15-8)7-2-1-4-13-7/h6-7,13H,1-5H2,(H2,12,16)(H,14,17). The van der Waals surface area contributed by atoms with E-state index in [0.717, 1.165) is 24.4 Å². The molecule has 0 aromatic carbocycles. The Labute approximate surface area is 109 Å². The highest BCUT2D eigenvalue weighted by molar-refractivity contribution is 7.09. The van der Waals surface area contributed by atoms with Crippen molar-refractivity contribution in [2.75, 3.05) is 13.1 Å². The van der Waals surface area contributed by atoms with Gasteiger partial charge in [-0.3, -0.25) is 9.59 Å². The maximum atomic E-state index is 11.7. The first-order valence-electron chi connectivity index (χ1n) is 5.92. The van der Waals surface area contributed by atoms with Crippen LogP contribution in [0, 0.1) is 0 Å². The molecule has 1 fully saturated rings. The summed E-state index contributed by atoms with van der Waals surface area (Å²) in [4.78, 5) is 26.6. The first-order valence-corrected chi connectivity index (χ1v) is 6.80. The van der Waals surface area contributed by atoms with Crippen molar-refractivity contribution in [3.63, 3.8) is 0 Å². The van der Waals surface area contributed by atoms with Gasteiger partial charge in [0.1, 0.15) is 10.7 Å². The lowest BCUT2D eigenvalue weighted by atomic mass is 10.2.